The number of carbonyl (C=O) groups is 1. The van der Waals surface area contributed by atoms with Crippen LogP contribution in [-0.2, 0) is 4.79 Å². The number of rotatable bonds is 5. The first-order valence-corrected chi connectivity index (χ1v) is 8.50. The molecule has 2 N–H and O–H groups in total. The van der Waals surface area contributed by atoms with Gasteiger partial charge in [-0.1, -0.05) is 43.6 Å². The first kappa shape index (κ1) is 17.9. The van der Waals surface area contributed by atoms with Gasteiger partial charge in [0.15, 0.2) is 12.3 Å². The molecular weight excluding hydrogens is 354 g/mol. The molecule has 1 aromatic heterocycles. The van der Waals surface area contributed by atoms with Crippen LogP contribution < -0.4 is 4.74 Å². The lowest BCUT2D eigenvalue weighted by Crippen LogP contribution is -2.08. The van der Waals surface area contributed by atoms with Gasteiger partial charge in [0.2, 0.25) is 5.88 Å². The molecule has 7 heteroatoms. The molecule has 2 aromatic carbocycles. The van der Waals surface area contributed by atoms with E-state index in [9.17, 15) is 9.90 Å². The molecule has 0 saturated heterocycles. The Balaban J connectivity index is 1.77. The summed E-state index contributed by atoms with van der Waals surface area (Å²) in [6.07, 6.45) is 0. The van der Waals surface area contributed by atoms with Crippen molar-refractivity contribution in [2.45, 2.75) is 19.8 Å². The molecule has 0 fully saturated rings. The number of benzene rings is 2. The van der Waals surface area contributed by atoms with E-state index in [1.54, 1.807) is 24.3 Å². The number of nitrogens with zero attached hydrogens (tertiary/aromatic N) is 2. The highest BCUT2D eigenvalue weighted by Gasteiger charge is 2.13. The summed E-state index contributed by atoms with van der Waals surface area (Å²) in [7, 11) is 0. The fraction of sp³-hybridized carbons (Fsp3) is 0.211. The Morgan fingerprint density at radius 2 is 2.04 bits per heavy atom. The van der Waals surface area contributed by atoms with Crippen molar-refractivity contribution in [1.82, 2.24) is 4.98 Å². The molecule has 0 spiro atoms. The lowest BCUT2D eigenvalue weighted by molar-refractivity contribution is -0.120. The standard InChI is InChI=1S/C19H18ClN3O3/c1-11(2)12-7-8-15-13(9-12)18(19(25)21-15)23-22-17(24)10-26-16-6-4-3-5-14(16)20/h3-9,11,21,25H,10H2,1-2H3. The van der Waals surface area contributed by atoms with Crippen molar-refractivity contribution in [2.24, 2.45) is 10.2 Å². The Labute approximate surface area is 155 Å². The Morgan fingerprint density at radius 3 is 2.77 bits per heavy atom. The summed E-state index contributed by atoms with van der Waals surface area (Å²) in [5.41, 5.74) is 2.05. The van der Waals surface area contributed by atoms with Crippen molar-refractivity contribution in [3.05, 3.63) is 53.1 Å². The second-order valence-corrected chi connectivity index (χ2v) is 6.50. The molecule has 134 valence electrons. The fourth-order valence-corrected chi connectivity index (χ4v) is 2.67. The quantitative estimate of drug-likeness (QED) is 0.593. The van der Waals surface area contributed by atoms with Crippen molar-refractivity contribution < 1.29 is 14.6 Å². The number of nitrogens with one attached hydrogen (secondary N) is 1. The largest absolute Gasteiger partial charge is 0.493 e. The van der Waals surface area contributed by atoms with Gasteiger partial charge in [-0.3, -0.25) is 4.79 Å². The maximum absolute atomic E-state index is 11.9. The number of para-hydroxylation sites is 1. The molecule has 0 saturated carbocycles. The predicted octanol–water partition coefficient (Wildman–Crippen LogP) is 5.34. The summed E-state index contributed by atoms with van der Waals surface area (Å²) >= 11 is 5.96. The number of amides is 1. The van der Waals surface area contributed by atoms with Gasteiger partial charge in [0, 0.05) is 5.39 Å². The van der Waals surface area contributed by atoms with Gasteiger partial charge in [0.1, 0.15) is 5.75 Å². The van der Waals surface area contributed by atoms with Gasteiger partial charge in [-0.2, -0.15) is 0 Å². The average Bonchev–Trinajstić information content (AvgIpc) is 2.93. The molecule has 0 aliphatic rings. The molecule has 6 nitrogen and oxygen atoms in total. The van der Waals surface area contributed by atoms with E-state index in [2.05, 4.69) is 29.1 Å². The van der Waals surface area contributed by atoms with E-state index in [1.165, 1.54) is 0 Å². The first-order valence-electron chi connectivity index (χ1n) is 8.12. The van der Waals surface area contributed by atoms with Crippen molar-refractivity contribution in [2.75, 3.05) is 6.61 Å². The molecular formula is C19H18ClN3O3. The zero-order valence-corrected chi connectivity index (χ0v) is 15.1. The Morgan fingerprint density at radius 1 is 1.27 bits per heavy atom. The number of halogens is 1. The SMILES string of the molecule is CC(C)c1ccc2[nH]c(O)c(N=NC(=O)COc3ccccc3Cl)c2c1. The van der Waals surface area contributed by atoms with Crippen LogP contribution in [0.3, 0.4) is 0 Å². The van der Waals surface area contributed by atoms with Gasteiger partial charge in [0.05, 0.1) is 10.5 Å². The van der Waals surface area contributed by atoms with E-state index in [-0.39, 0.29) is 18.2 Å². The van der Waals surface area contributed by atoms with Crippen LogP contribution in [0.4, 0.5) is 5.69 Å². The molecule has 0 aliphatic heterocycles. The van der Waals surface area contributed by atoms with Crippen LogP contribution >= 0.6 is 11.6 Å². The third-order valence-corrected chi connectivity index (χ3v) is 4.20. The summed E-state index contributed by atoms with van der Waals surface area (Å²) in [5.74, 6) is 0.00396. The number of ether oxygens (including phenoxy) is 1. The number of hydrogen-bond donors (Lipinski definition) is 2. The van der Waals surface area contributed by atoms with Crippen LogP contribution in [0.1, 0.15) is 25.3 Å². The van der Waals surface area contributed by atoms with Gasteiger partial charge in [-0.25, -0.2) is 0 Å². The second kappa shape index (κ2) is 7.58. The van der Waals surface area contributed by atoms with Gasteiger partial charge in [-0.15, -0.1) is 10.2 Å². The Kier molecular flexibility index (Phi) is 5.23. The van der Waals surface area contributed by atoms with Crippen LogP contribution in [-0.4, -0.2) is 22.6 Å². The molecule has 1 amide bonds. The number of aromatic nitrogens is 1. The number of aromatic hydroxyl groups is 1. The van der Waals surface area contributed by atoms with Crippen LogP contribution in [0.2, 0.25) is 5.02 Å². The normalized spacial score (nSPS) is 11.5. The van der Waals surface area contributed by atoms with E-state index >= 15 is 0 Å². The van der Waals surface area contributed by atoms with Crippen LogP contribution in [0.25, 0.3) is 10.9 Å². The molecule has 3 rings (SSSR count). The van der Waals surface area contributed by atoms with Crippen molar-refractivity contribution in [3.8, 4) is 11.6 Å². The van der Waals surface area contributed by atoms with Gasteiger partial charge < -0.3 is 14.8 Å². The summed E-state index contributed by atoms with van der Waals surface area (Å²) < 4.78 is 5.33. The van der Waals surface area contributed by atoms with E-state index in [0.717, 1.165) is 11.1 Å². The highest BCUT2D eigenvalue weighted by atomic mass is 35.5. The maximum Gasteiger partial charge on any atom is 0.302 e. The number of azo groups is 1. The average molecular weight is 372 g/mol. The topological polar surface area (TPSA) is 87.0 Å². The number of carbonyl (C=O) groups excluding carboxylic acids is 1. The number of fused-ring (bicyclic) bond motifs is 1. The molecule has 1 heterocycles. The van der Waals surface area contributed by atoms with Gasteiger partial charge >= 0.3 is 5.91 Å². The monoisotopic (exact) mass is 371 g/mol. The molecule has 0 aliphatic carbocycles. The minimum Gasteiger partial charge on any atom is -0.493 e. The summed E-state index contributed by atoms with van der Waals surface area (Å²) in [6, 6.07) is 12.6. The van der Waals surface area contributed by atoms with E-state index < -0.39 is 5.91 Å². The third-order valence-electron chi connectivity index (χ3n) is 3.89. The lowest BCUT2D eigenvalue weighted by atomic mass is 10.0. The van der Waals surface area contributed by atoms with Crippen LogP contribution in [0.5, 0.6) is 11.6 Å². The predicted molar refractivity (Wildman–Crippen MR) is 101 cm³/mol. The van der Waals surface area contributed by atoms with E-state index in [4.69, 9.17) is 16.3 Å². The summed E-state index contributed by atoms with van der Waals surface area (Å²) in [5, 5.41) is 18.7. The number of H-pyrrole nitrogens is 1. The van der Waals surface area contributed by atoms with Crippen LogP contribution in [0, 0.1) is 0 Å². The lowest BCUT2D eigenvalue weighted by Gasteiger charge is -2.05. The van der Waals surface area contributed by atoms with Crippen molar-refractivity contribution >= 4 is 34.1 Å². The highest BCUT2D eigenvalue weighted by Crippen LogP contribution is 2.37. The van der Waals surface area contributed by atoms with E-state index in [1.807, 2.05) is 18.2 Å². The summed E-state index contributed by atoms with van der Waals surface area (Å²) in [4.78, 5) is 14.7. The fourth-order valence-electron chi connectivity index (χ4n) is 2.48. The third kappa shape index (κ3) is 3.86. The molecule has 26 heavy (non-hydrogen) atoms. The Hall–Kier alpha value is -2.86. The summed E-state index contributed by atoms with van der Waals surface area (Å²) in [6.45, 7) is 3.85. The van der Waals surface area contributed by atoms with E-state index in [0.29, 0.717) is 22.1 Å². The maximum atomic E-state index is 11.9. The highest BCUT2D eigenvalue weighted by molar-refractivity contribution is 6.32. The molecule has 0 radical (unpaired) electrons. The zero-order chi connectivity index (χ0) is 18.7. The number of aromatic amines is 1. The molecule has 3 aromatic rings. The number of hydrogen-bond acceptors (Lipinski definition) is 4. The minimum atomic E-state index is -0.585. The Bertz CT molecular complexity index is 979. The van der Waals surface area contributed by atoms with Crippen LogP contribution in [0.15, 0.2) is 52.7 Å². The smallest absolute Gasteiger partial charge is 0.302 e. The zero-order valence-electron chi connectivity index (χ0n) is 14.4. The minimum absolute atomic E-state index is 0.135. The molecule has 0 unspecified atom stereocenters. The second-order valence-electron chi connectivity index (χ2n) is 6.09. The van der Waals surface area contributed by atoms with Crippen molar-refractivity contribution in [1.29, 1.82) is 0 Å². The molecule has 0 bridgehead atoms. The first-order chi connectivity index (χ1) is 12.5. The van der Waals surface area contributed by atoms with Gasteiger partial charge in [-0.05, 0) is 35.7 Å². The van der Waals surface area contributed by atoms with Gasteiger partial charge in [0.25, 0.3) is 0 Å². The van der Waals surface area contributed by atoms with Crippen molar-refractivity contribution in [3.63, 3.8) is 0 Å². The molecule has 0 atom stereocenters.